The molecule has 0 spiro atoms. The minimum absolute atomic E-state index is 0.0901. The Balaban J connectivity index is 2.67. The lowest BCUT2D eigenvalue weighted by atomic mass is 10.0. The smallest absolute Gasteiger partial charge is 0.305 e. The minimum Gasteiger partial charge on any atom is -0.481 e. The number of aromatic nitrogens is 1. The van der Waals surface area contributed by atoms with Crippen LogP contribution in [-0.2, 0) is 4.79 Å². The summed E-state index contributed by atoms with van der Waals surface area (Å²) in [6, 6.07) is 3.73. The molecule has 1 atom stereocenters. The molecule has 0 amide bonds. The van der Waals surface area contributed by atoms with E-state index < -0.39 is 5.97 Å². The Morgan fingerprint density at radius 2 is 2.19 bits per heavy atom. The van der Waals surface area contributed by atoms with Crippen molar-refractivity contribution in [3.8, 4) is 0 Å². The van der Waals surface area contributed by atoms with Crippen molar-refractivity contribution >= 4 is 11.8 Å². The summed E-state index contributed by atoms with van der Waals surface area (Å²) in [4.78, 5) is 14.9. The molecule has 88 valence electrons. The van der Waals surface area contributed by atoms with E-state index in [-0.39, 0.29) is 18.4 Å². The van der Waals surface area contributed by atoms with Gasteiger partial charge in [0, 0.05) is 12.2 Å². The van der Waals surface area contributed by atoms with Crippen LogP contribution in [0.15, 0.2) is 18.3 Å². The highest BCUT2D eigenvalue weighted by molar-refractivity contribution is 5.68. The Kier molecular flexibility index (Phi) is 4.28. The van der Waals surface area contributed by atoms with Gasteiger partial charge < -0.3 is 10.4 Å². The number of anilines is 1. The fourth-order valence-corrected chi connectivity index (χ4v) is 1.38. The molecule has 0 saturated heterocycles. The molecule has 0 aliphatic heterocycles. The van der Waals surface area contributed by atoms with E-state index in [2.05, 4.69) is 10.3 Å². The Bertz CT molecular complexity index is 347. The van der Waals surface area contributed by atoms with Gasteiger partial charge in [-0.1, -0.05) is 19.9 Å². The van der Waals surface area contributed by atoms with Crippen LogP contribution in [0.1, 0.15) is 25.8 Å². The van der Waals surface area contributed by atoms with Crippen molar-refractivity contribution in [3.05, 3.63) is 23.9 Å². The molecule has 1 heterocycles. The van der Waals surface area contributed by atoms with Crippen LogP contribution in [0.4, 0.5) is 5.82 Å². The standard InChI is InChI=1S/C12H18N2O2/c1-8(2)10(6-12(15)16)14-11-5-4-9(3)7-13-11/h4-5,7-8,10H,6H2,1-3H3,(H,13,14)(H,15,16). The lowest BCUT2D eigenvalue weighted by Crippen LogP contribution is -2.28. The molecule has 1 aromatic heterocycles. The lowest BCUT2D eigenvalue weighted by molar-refractivity contribution is -0.137. The average Bonchev–Trinajstić information content (AvgIpc) is 2.19. The minimum atomic E-state index is -0.793. The van der Waals surface area contributed by atoms with Crippen molar-refractivity contribution in [1.29, 1.82) is 0 Å². The molecule has 0 aliphatic rings. The Morgan fingerprint density at radius 1 is 1.50 bits per heavy atom. The first-order valence-corrected chi connectivity index (χ1v) is 5.40. The number of nitrogens with one attached hydrogen (secondary N) is 1. The summed E-state index contributed by atoms with van der Waals surface area (Å²) in [7, 11) is 0. The number of aryl methyl sites for hydroxylation is 1. The van der Waals surface area contributed by atoms with Gasteiger partial charge in [-0.15, -0.1) is 0 Å². The van der Waals surface area contributed by atoms with Gasteiger partial charge in [-0.3, -0.25) is 4.79 Å². The highest BCUT2D eigenvalue weighted by Crippen LogP contribution is 2.13. The first-order chi connectivity index (χ1) is 7.49. The van der Waals surface area contributed by atoms with Gasteiger partial charge in [0.15, 0.2) is 0 Å². The predicted molar refractivity (Wildman–Crippen MR) is 63.5 cm³/mol. The van der Waals surface area contributed by atoms with Crippen LogP contribution in [0.2, 0.25) is 0 Å². The summed E-state index contributed by atoms with van der Waals surface area (Å²) in [6.45, 7) is 5.96. The second kappa shape index (κ2) is 5.49. The van der Waals surface area contributed by atoms with E-state index in [0.717, 1.165) is 11.4 Å². The number of hydrogen-bond donors (Lipinski definition) is 2. The number of hydrogen-bond acceptors (Lipinski definition) is 3. The first kappa shape index (κ1) is 12.5. The van der Waals surface area contributed by atoms with E-state index >= 15 is 0 Å². The van der Waals surface area contributed by atoms with Gasteiger partial charge in [-0.05, 0) is 24.5 Å². The Morgan fingerprint density at radius 3 is 2.62 bits per heavy atom. The molecule has 0 radical (unpaired) electrons. The number of carboxylic acid groups (broad SMARTS) is 1. The maximum absolute atomic E-state index is 10.7. The van der Waals surface area contributed by atoms with E-state index in [1.165, 1.54) is 0 Å². The van der Waals surface area contributed by atoms with Gasteiger partial charge in [-0.25, -0.2) is 4.98 Å². The molecule has 0 aromatic carbocycles. The van der Waals surface area contributed by atoms with Crippen LogP contribution >= 0.6 is 0 Å². The number of carboxylic acids is 1. The number of pyridine rings is 1. The maximum atomic E-state index is 10.7. The van der Waals surface area contributed by atoms with Gasteiger partial charge in [0.05, 0.1) is 6.42 Å². The lowest BCUT2D eigenvalue weighted by Gasteiger charge is -2.21. The molecule has 2 N–H and O–H groups in total. The zero-order valence-corrected chi connectivity index (χ0v) is 9.90. The number of rotatable bonds is 5. The van der Waals surface area contributed by atoms with Crippen LogP contribution in [-0.4, -0.2) is 22.1 Å². The molecular formula is C12H18N2O2. The molecule has 0 saturated carbocycles. The third kappa shape index (κ3) is 3.88. The molecule has 0 fully saturated rings. The van der Waals surface area contributed by atoms with Crippen molar-refractivity contribution in [1.82, 2.24) is 4.98 Å². The van der Waals surface area contributed by atoms with E-state index in [0.29, 0.717) is 0 Å². The first-order valence-electron chi connectivity index (χ1n) is 5.40. The SMILES string of the molecule is Cc1ccc(NC(CC(=O)O)C(C)C)nc1. The van der Waals surface area contributed by atoms with E-state index in [1.807, 2.05) is 32.9 Å². The Labute approximate surface area is 95.7 Å². The van der Waals surface area contributed by atoms with Crippen molar-refractivity contribution in [2.24, 2.45) is 5.92 Å². The molecular weight excluding hydrogens is 204 g/mol. The van der Waals surface area contributed by atoms with Gasteiger partial charge in [-0.2, -0.15) is 0 Å². The number of carbonyl (C=O) groups is 1. The van der Waals surface area contributed by atoms with Gasteiger partial charge in [0.25, 0.3) is 0 Å². The second-order valence-electron chi connectivity index (χ2n) is 4.31. The fourth-order valence-electron chi connectivity index (χ4n) is 1.38. The van der Waals surface area contributed by atoms with Gasteiger partial charge in [0.2, 0.25) is 0 Å². The third-order valence-electron chi connectivity index (χ3n) is 2.44. The van der Waals surface area contributed by atoms with Gasteiger partial charge >= 0.3 is 5.97 Å². The number of aliphatic carboxylic acids is 1. The molecule has 4 heteroatoms. The summed E-state index contributed by atoms with van der Waals surface area (Å²) >= 11 is 0. The highest BCUT2D eigenvalue weighted by Gasteiger charge is 2.17. The molecule has 0 bridgehead atoms. The van der Waals surface area contributed by atoms with Crippen LogP contribution in [0.5, 0.6) is 0 Å². The van der Waals surface area contributed by atoms with Crippen LogP contribution in [0, 0.1) is 12.8 Å². The Hall–Kier alpha value is -1.58. The fraction of sp³-hybridized carbons (Fsp3) is 0.500. The van der Waals surface area contributed by atoms with Crippen molar-refractivity contribution < 1.29 is 9.90 Å². The summed E-state index contributed by atoms with van der Waals surface area (Å²) in [5.74, 6) is 0.183. The monoisotopic (exact) mass is 222 g/mol. The summed E-state index contributed by atoms with van der Waals surface area (Å²) in [5, 5.41) is 11.9. The topological polar surface area (TPSA) is 62.2 Å². The van der Waals surface area contributed by atoms with Crippen molar-refractivity contribution in [2.75, 3.05) is 5.32 Å². The maximum Gasteiger partial charge on any atom is 0.305 e. The summed E-state index contributed by atoms with van der Waals surface area (Å²) in [6.07, 6.45) is 1.87. The van der Waals surface area contributed by atoms with Gasteiger partial charge in [0.1, 0.15) is 5.82 Å². The number of nitrogens with zero attached hydrogens (tertiary/aromatic N) is 1. The molecule has 1 aromatic rings. The van der Waals surface area contributed by atoms with Crippen molar-refractivity contribution in [2.45, 2.75) is 33.2 Å². The quantitative estimate of drug-likeness (QED) is 0.802. The van der Waals surface area contributed by atoms with Crippen LogP contribution in [0.3, 0.4) is 0 Å². The van der Waals surface area contributed by atoms with E-state index in [1.54, 1.807) is 6.20 Å². The summed E-state index contributed by atoms with van der Waals surface area (Å²) < 4.78 is 0. The molecule has 1 rings (SSSR count). The molecule has 4 nitrogen and oxygen atoms in total. The van der Waals surface area contributed by atoms with E-state index in [9.17, 15) is 4.79 Å². The van der Waals surface area contributed by atoms with Crippen molar-refractivity contribution in [3.63, 3.8) is 0 Å². The average molecular weight is 222 g/mol. The zero-order valence-electron chi connectivity index (χ0n) is 9.90. The van der Waals surface area contributed by atoms with Crippen LogP contribution in [0.25, 0.3) is 0 Å². The zero-order chi connectivity index (χ0) is 12.1. The third-order valence-corrected chi connectivity index (χ3v) is 2.44. The molecule has 0 aliphatic carbocycles. The highest BCUT2D eigenvalue weighted by atomic mass is 16.4. The second-order valence-corrected chi connectivity index (χ2v) is 4.31. The predicted octanol–water partition coefficient (Wildman–Crippen LogP) is 2.30. The normalized spacial score (nSPS) is 12.5. The van der Waals surface area contributed by atoms with E-state index in [4.69, 9.17) is 5.11 Å². The molecule has 16 heavy (non-hydrogen) atoms. The van der Waals surface area contributed by atoms with Crippen LogP contribution < -0.4 is 5.32 Å². The summed E-state index contributed by atoms with van der Waals surface area (Å²) in [5.41, 5.74) is 1.09. The largest absolute Gasteiger partial charge is 0.481 e. The molecule has 1 unspecified atom stereocenters.